The predicted octanol–water partition coefficient (Wildman–Crippen LogP) is 3.08. The average Bonchev–Trinajstić information content (AvgIpc) is 2.86. The van der Waals surface area contributed by atoms with Crippen LogP contribution in [-0.2, 0) is 21.7 Å². The molecule has 0 unspecified atom stereocenters. The Kier molecular flexibility index (Phi) is 5.39. The number of nitrogens with one attached hydrogen (secondary N) is 2. The number of halogens is 2. The summed E-state index contributed by atoms with van der Waals surface area (Å²) in [7, 11) is 0. The predicted molar refractivity (Wildman–Crippen MR) is 102 cm³/mol. The number of carbonyl (C=O) groups excluding carboxylic acids is 3. The third-order valence-electron chi connectivity index (χ3n) is 4.42. The normalized spacial score (nSPS) is 19.1. The quantitative estimate of drug-likeness (QED) is 0.750. The summed E-state index contributed by atoms with van der Waals surface area (Å²) >= 11 is 11.9. The maximum absolute atomic E-state index is 12.8. The summed E-state index contributed by atoms with van der Waals surface area (Å²) in [6, 6.07) is 13.2. The Morgan fingerprint density at radius 2 is 1.85 bits per heavy atom. The molecule has 0 aromatic heterocycles. The van der Waals surface area contributed by atoms with Crippen LogP contribution >= 0.6 is 23.2 Å². The molecule has 8 heteroatoms. The average molecular weight is 406 g/mol. The zero-order chi connectivity index (χ0) is 19.6. The van der Waals surface area contributed by atoms with E-state index >= 15 is 0 Å². The molecular formula is C19H17Cl2N3O3. The molecule has 2 aromatic carbocycles. The number of hydrogen-bond donors (Lipinski definition) is 2. The highest BCUT2D eigenvalue weighted by atomic mass is 35.5. The van der Waals surface area contributed by atoms with Gasteiger partial charge in [0.1, 0.15) is 12.1 Å². The van der Waals surface area contributed by atoms with E-state index in [4.69, 9.17) is 23.2 Å². The number of urea groups is 1. The first-order chi connectivity index (χ1) is 12.8. The van der Waals surface area contributed by atoms with Gasteiger partial charge in [0.25, 0.3) is 5.91 Å². The molecule has 0 saturated carbocycles. The van der Waals surface area contributed by atoms with Gasteiger partial charge in [0, 0.05) is 16.6 Å². The standard InChI is InChI=1S/C19H17Cl2N3O3/c1-19(13-5-3-2-4-6-13)17(26)24(18(27)23-19)11-16(25)22-10-12-7-8-14(20)9-15(12)21/h2-9H,10-11H2,1H3,(H,22,25)(H,23,27)/t19-/m1/s1. The molecular weight excluding hydrogens is 389 g/mol. The van der Waals surface area contributed by atoms with Crippen molar-refractivity contribution in [2.75, 3.05) is 6.54 Å². The molecule has 1 atom stereocenters. The summed E-state index contributed by atoms with van der Waals surface area (Å²) in [6.45, 7) is 1.40. The van der Waals surface area contributed by atoms with E-state index in [-0.39, 0.29) is 13.1 Å². The van der Waals surface area contributed by atoms with Crippen molar-refractivity contribution in [3.05, 3.63) is 69.7 Å². The van der Waals surface area contributed by atoms with Crippen LogP contribution in [0.4, 0.5) is 4.79 Å². The fraction of sp³-hybridized carbons (Fsp3) is 0.211. The maximum Gasteiger partial charge on any atom is 0.325 e. The number of carbonyl (C=O) groups is 3. The van der Waals surface area contributed by atoms with Crippen molar-refractivity contribution in [1.82, 2.24) is 15.5 Å². The second kappa shape index (κ2) is 7.58. The molecule has 0 bridgehead atoms. The summed E-state index contributed by atoms with van der Waals surface area (Å²) in [6.07, 6.45) is 0. The van der Waals surface area contributed by atoms with E-state index in [1.165, 1.54) is 0 Å². The minimum atomic E-state index is -1.20. The van der Waals surface area contributed by atoms with Crippen molar-refractivity contribution in [2.45, 2.75) is 19.0 Å². The minimum Gasteiger partial charge on any atom is -0.350 e. The molecule has 27 heavy (non-hydrogen) atoms. The van der Waals surface area contributed by atoms with Gasteiger partial charge in [-0.15, -0.1) is 0 Å². The van der Waals surface area contributed by atoms with Crippen molar-refractivity contribution in [3.63, 3.8) is 0 Å². The first-order valence-corrected chi connectivity index (χ1v) is 8.97. The van der Waals surface area contributed by atoms with Crippen molar-refractivity contribution in [2.24, 2.45) is 0 Å². The van der Waals surface area contributed by atoms with Gasteiger partial charge in [0.15, 0.2) is 0 Å². The summed E-state index contributed by atoms with van der Waals surface area (Å²) < 4.78 is 0. The Labute approximate surface area is 166 Å². The Bertz CT molecular complexity index is 904. The first-order valence-electron chi connectivity index (χ1n) is 8.21. The monoisotopic (exact) mass is 405 g/mol. The van der Waals surface area contributed by atoms with Crippen molar-refractivity contribution < 1.29 is 14.4 Å². The summed E-state index contributed by atoms with van der Waals surface area (Å²) in [5, 5.41) is 6.24. The Balaban J connectivity index is 1.66. The lowest BCUT2D eigenvalue weighted by Gasteiger charge is -2.22. The van der Waals surface area contributed by atoms with Gasteiger partial charge in [-0.1, -0.05) is 59.6 Å². The highest BCUT2D eigenvalue weighted by molar-refractivity contribution is 6.35. The highest BCUT2D eigenvalue weighted by Gasteiger charge is 2.49. The van der Waals surface area contributed by atoms with Gasteiger partial charge in [-0.3, -0.25) is 14.5 Å². The van der Waals surface area contributed by atoms with Crippen molar-refractivity contribution in [3.8, 4) is 0 Å². The number of hydrogen-bond acceptors (Lipinski definition) is 3. The van der Waals surface area contributed by atoms with E-state index in [2.05, 4.69) is 10.6 Å². The number of nitrogens with zero attached hydrogens (tertiary/aromatic N) is 1. The van der Waals surface area contributed by atoms with Crippen LogP contribution in [0.1, 0.15) is 18.1 Å². The molecule has 1 aliphatic heterocycles. The Morgan fingerprint density at radius 1 is 1.15 bits per heavy atom. The van der Waals surface area contributed by atoms with E-state index in [1.54, 1.807) is 49.4 Å². The topological polar surface area (TPSA) is 78.5 Å². The van der Waals surface area contributed by atoms with Crippen LogP contribution in [0.2, 0.25) is 10.0 Å². The summed E-state index contributed by atoms with van der Waals surface area (Å²) in [5.74, 6) is -0.944. The third kappa shape index (κ3) is 3.91. The fourth-order valence-corrected chi connectivity index (χ4v) is 3.34. The van der Waals surface area contributed by atoms with Crippen LogP contribution in [0.15, 0.2) is 48.5 Å². The number of benzene rings is 2. The van der Waals surface area contributed by atoms with Gasteiger partial charge >= 0.3 is 6.03 Å². The van der Waals surface area contributed by atoms with Crippen molar-refractivity contribution >= 4 is 41.0 Å². The smallest absolute Gasteiger partial charge is 0.325 e. The van der Waals surface area contributed by atoms with Gasteiger partial charge in [0.2, 0.25) is 5.91 Å². The van der Waals surface area contributed by atoms with Gasteiger partial charge in [-0.2, -0.15) is 0 Å². The lowest BCUT2D eigenvalue weighted by molar-refractivity contribution is -0.134. The Morgan fingerprint density at radius 3 is 2.52 bits per heavy atom. The van der Waals surface area contributed by atoms with E-state index in [0.29, 0.717) is 21.2 Å². The fourth-order valence-electron chi connectivity index (χ4n) is 2.87. The number of imide groups is 1. The third-order valence-corrected chi connectivity index (χ3v) is 5.01. The molecule has 3 rings (SSSR count). The van der Waals surface area contributed by atoms with Crippen LogP contribution in [0.25, 0.3) is 0 Å². The van der Waals surface area contributed by atoms with Gasteiger partial charge < -0.3 is 10.6 Å². The van der Waals surface area contributed by atoms with Gasteiger partial charge in [0.05, 0.1) is 0 Å². The molecule has 2 aromatic rings. The molecule has 0 aliphatic carbocycles. The first kappa shape index (κ1) is 19.2. The van der Waals surface area contributed by atoms with Crippen LogP contribution in [0.3, 0.4) is 0 Å². The zero-order valence-electron chi connectivity index (χ0n) is 14.5. The lowest BCUT2D eigenvalue weighted by Crippen LogP contribution is -2.43. The van der Waals surface area contributed by atoms with E-state index in [9.17, 15) is 14.4 Å². The molecule has 6 nitrogen and oxygen atoms in total. The van der Waals surface area contributed by atoms with Gasteiger partial charge in [-0.25, -0.2) is 4.79 Å². The molecule has 140 valence electrons. The van der Waals surface area contributed by atoms with Crippen molar-refractivity contribution in [1.29, 1.82) is 0 Å². The second-order valence-electron chi connectivity index (χ2n) is 6.32. The lowest BCUT2D eigenvalue weighted by atomic mass is 9.92. The molecule has 1 aliphatic rings. The highest BCUT2D eigenvalue weighted by Crippen LogP contribution is 2.28. The molecule has 2 N–H and O–H groups in total. The van der Waals surface area contributed by atoms with E-state index in [0.717, 1.165) is 4.90 Å². The maximum atomic E-state index is 12.8. The molecule has 1 fully saturated rings. The van der Waals surface area contributed by atoms with Crippen LogP contribution in [-0.4, -0.2) is 29.3 Å². The molecule has 1 saturated heterocycles. The summed E-state index contributed by atoms with van der Waals surface area (Å²) in [4.78, 5) is 38.2. The number of amides is 4. The van der Waals surface area contributed by atoms with Crippen LogP contribution in [0.5, 0.6) is 0 Å². The largest absolute Gasteiger partial charge is 0.350 e. The van der Waals surface area contributed by atoms with E-state index < -0.39 is 23.4 Å². The van der Waals surface area contributed by atoms with Crippen LogP contribution in [0, 0.1) is 0 Å². The minimum absolute atomic E-state index is 0.161. The second-order valence-corrected chi connectivity index (χ2v) is 7.17. The van der Waals surface area contributed by atoms with Gasteiger partial charge in [-0.05, 0) is 30.2 Å². The zero-order valence-corrected chi connectivity index (χ0v) is 16.0. The number of rotatable bonds is 5. The molecule has 4 amide bonds. The molecule has 0 spiro atoms. The summed E-state index contributed by atoms with van der Waals surface area (Å²) in [5.41, 5.74) is 0.137. The molecule has 1 heterocycles. The van der Waals surface area contributed by atoms with E-state index in [1.807, 2.05) is 6.07 Å². The SMILES string of the molecule is C[C@]1(c2ccccc2)NC(=O)N(CC(=O)NCc2ccc(Cl)cc2Cl)C1=O. The molecule has 0 radical (unpaired) electrons. The Hall–Kier alpha value is -2.57. The van der Waals surface area contributed by atoms with Crippen LogP contribution < -0.4 is 10.6 Å².